The highest BCUT2D eigenvalue weighted by Gasteiger charge is 2.15. The number of rotatable bonds is 7. The smallest absolute Gasteiger partial charge is 0.306 e. The molecule has 7 nitrogen and oxygen atoms in total. The summed E-state index contributed by atoms with van der Waals surface area (Å²) in [6.07, 6.45) is 2.93. The van der Waals surface area contributed by atoms with Crippen molar-refractivity contribution in [2.24, 2.45) is 0 Å². The summed E-state index contributed by atoms with van der Waals surface area (Å²) >= 11 is 0. The molecule has 0 aliphatic carbocycles. The number of nitrogens with zero attached hydrogens (tertiary/aromatic N) is 4. The van der Waals surface area contributed by atoms with Gasteiger partial charge in [0, 0.05) is 12.6 Å². The fourth-order valence-corrected chi connectivity index (χ4v) is 1.64. The van der Waals surface area contributed by atoms with E-state index in [1.807, 2.05) is 7.05 Å². The molecule has 2 atom stereocenters. The van der Waals surface area contributed by atoms with E-state index >= 15 is 0 Å². The van der Waals surface area contributed by atoms with Crippen LogP contribution in [0.3, 0.4) is 0 Å². The van der Waals surface area contributed by atoms with Crippen molar-refractivity contribution in [2.75, 3.05) is 13.6 Å². The molecular weight excluding hydrogens is 236 g/mol. The molecule has 1 N–H and O–H groups in total. The molecule has 0 radical (unpaired) electrons. The molecule has 1 aromatic rings. The second kappa shape index (κ2) is 6.46. The first-order valence-electron chi connectivity index (χ1n) is 5.99. The molecule has 0 aliphatic heterocycles. The zero-order valence-electron chi connectivity index (χ0n) is 11.0. The van der Waals surface area contributed by atoms with E-state index in [0.717, 1.165) is 6.42 Å². The van der Waals surface area contributed by atoms with Gasteiger partial charge in [-0.25, -0.2) is 0 Å². The standard InChI is InChI=1S/C11H20N4O3/c1-4-9(2)13(3)7-11(16)8-14-6-10(5-12-14)15(17)18/h5-6,9,11,16H,4,7-8H2,1-3H3. The lowest BCUT2D eigenvalue weighted by Crippen LogP contribution is -2.37. The lowest BCUT2D eigenvalue weighted by molar-refractivity contribution is -0.385. The minimum absolute atomic E-state index is 0.0579. The van der Waals surface area contributed by atoms with E-state index in [0.29, 0.717) is 12.6 Å². The summed E-state index contributed by atoms with van der Waals surface area (Å²) in [7, 11) is 1.95. The number of aliphatic hydroxyl groups is 1. The summed E-state index contributed by atoms with van der Waals surface area (Å²) in [6.45, 7) is 4.95. The molecule has 0 bridgehead atoms. The third-order valence-corrected chi connectivity index (χ3v) is 3.07. The molecule has 7 heteroatoms. The molecular formula is C11H20N4O3. The van der Waals surface area contributed by atoms with Gasteiger partial charge in [-0.1, -0.05) is 6.92 Å². The lowest BCUT2D eigenvalue weighted by Gasteiger charge is -2.25. The summed E-state index contributed by atoms with van der Waals surface area (Å²) in [5.74, 6) is 0. The van der Waals surface area contributed by atoms with E-state index in [1.54, 1.807) is 0 Å². The van der Waals surface area contributed by atoms with Gasteiger partial charge in [0.2, 0.25) is 0 Å². The number of aliphatic hydroxyl groups excluding tert-OH is 1. The van der Waals surface area contributed by atoms with Gasteiger partial charge in [0.1, 0.15) is 12.4 Å². The molecule has 0 aliphatic rings. The van der Waals surface area contributed by atoms with E-state index < -0.39 is 11.0 Å². The monoisotopic (exact) mass is 256 g/mol. The maximum atomic E-state index is 10.5. The first-order chi connectivity index (χ1) is 8.43. The molecule has 0 saturated carbocycles. The maximum absolute atomic E-state index is 10.5. The largest absolute Gasteiger partial charge is 0.390 e. The van der Waals surface area contributed by atoms with Crippen LogP contribution < -0.4 is 0 Å². The third kappa shape index (κ3) is 4.08. The minimum Gasteiger partial charge on any atom is -0.390 e. The van der Waals surface area contributed by atoms with Gasteiger partial charge in [-0.3, -0.25) is 14.8 Å². The Kier molecular flexibility index (Phi) is 5.24. The van der Waals surface area contributed by atoms with Crippen molar-refractivity contribution >= 4 is 5.69 Å². The quantitative estimate of drug-likeness (QED) is 0.578. The number of likely N-dealkylation sites (N-methyl/N-ethyl adjacent to an activating group) is 1. The minimum atomic E-state index is -0.594. The van der Waals surface area contributed by atoms with E-state index in [4.69, 9.17) is 0 Å². The molecule has 18 heavy (non-hydrogen) atoms. The first kappa shape index (κ1) is 14.6. The van der Waals surface area contributed by atoms with Gasteiger partial charge >= 0.3 is 5.69 Å². The summed E-state index contributed by atoms with van der Waals surface area (Å²) in [4.78, 5) is 12.0. The molecule has 0 amide bonds. The van der Waals surface area contributed by atoms with E-state index in [9.17, 15) is 15.2 Å². The van der Waals surface area contributed by atoms with Gasteiger partial charge in [0.25, 0.3) is 0 Å². The molecule has 0 aromatic carbocycles. The van der Waals surface area contributed by atoms with Crippen LogP contribution in [-0.2, 0) is 6.54 Å². The SMILES string of the molecule is CCC(C)N(C)CC(O)Cn1cc([N+](=O)[O-])cn1. The second-order valence-electron chi connectivity index (χ2n) is 4.53. The lowest BCUT2D eigenvalue weighted by atomic mass is 10.2. The van der Waals surface area contributed by atoms with Gasteiger partial charge in [0.05, 0.1) is 17.6 Å². The summed E-state index contributed by atoms with van der Waals surface area (Å²) < 4.78 is 1.40. The van der Waals surface area contributed by atoms with Crippen molar-refractivity contribution in [3.8, 4) is 0 Å². The highest BCUT2D eigenvalue weighted by Crippen LogP contribution is 2.09. The maximum Gasteiger partial charge on any atom is 0.306 e. The highest BCUT2D eigenvalue weighted by molar-refractivity contribution is 5.20. The molecule has 0 saturated heterocycles. The van der Waals surface area contributed by atoms with Crippen LogP contribution in [0, 0.1) is 10.1 Å². The molecule has 2 unspecified atom stereocenters. The van der Waals surface area contributed by atoms with Gasteiger partial charge in [-0.15, -0.1) is 0 Å². The Hall–Kier alpha value is -1.47. The van der Waals surface area contributed by atoms with Crippen molar-refractivity contribution in [3.63, 3.8) is 0 Å². The first-order valence-corrected chi connectivity index (χ1v) is 5.99. The molecule has 1 rings (SSSR count). The Morgan fingerprint density at radius 2 is 2.33 bits per heavy atom. The Morgan fingerprint density at radius 1 is 1.67 bits per heavy atom. The van der Waals surface area contributed by atoms with Gasteiger partial charge in [0.15, 0.2) is 0 Å². The number of hydrogen-bond donors (Lipinski definition) is 1. The van der Waals surface area contributed by atoms with Crippen molar-refractivity contribution in [1.82, 2.24) is 14.7 Å². The molecule has 0 spiro atoms. The Morgan fingerprint density at radius 3 is 2.83 bits per heavy atom. The molecule has 1 aromatic heterocycles. The average molecular weight is 256 g/mol. The molecule has 0 fully saturated rings. The van der Waals surface area contributed by atoms with E-state index in [2.05, 4.69) is 23.8 Å². The van der Waals surface area contributed by atoms with Gasteiger partial charge < -0.3 is 10.0 Å². The van der Waals surface area contributed by atoms with Gasteiger partial charge in [-0.2, -0.15) is 5.10 Å². The Labute approximate surface area is 106 Å². The zero-order chi connectivity index (χ0) is 13.7. The van der Waals surface area contributed by atoms with Crippen LogP contribution in [0.15, 0.2) is 12.4 Å². The van der Waals surface area contributed by atoms with Crippen molar-refractivity contribution in [1.29, 1.82) is 0 Å². The summed E-state index contributed by atoms with van der Waals surface area (Å²) in [5.41, 5.74) is -0.0579. The van der Waals surface area contributed by atoms with E-state index in [1.165, 1.54) is 17.1 Å². The fraction of sp³-hybridized carbons (Fsp3) is 0.727. The summed E-state index contributed by atoms with van der Waals surface area (Å²) in [5, 5.41) is 24.2. The second-order valence-corrected chi connectivity index (χ2v) is 4.53. The number of aromatic nitrogens is 2. The van der Waals surface area contributed by atoms with Crippen molar-refractivity contribution in [2.45, 2.75) is 39.0 Å². The van der Waals surface area contributed by atoms with Crippen LogP contribution in [-0.4, -0.2) is 50.4 Å². The number of hydrogen-bond acceptors (Lipinski definition) is 5. The van der Waals surface area contributed by atoms with Crippen molar-refractivity contribution < 1.29 is 10.0 Å². The topological polar surface area (TPSA) is 84.4 Å². The zero-order valence-corrected chi connectivity index (χ0v) is 11.0. The highest BCUT2D eigenvalue weighted by atomic mass is 16.6. The van der Waals surface area contributed by atoms with Gasteiger partial charge in [-0.05, 0) is 20.4 Å². The normalized spacial score (nSPS) is 14.7. The molecule has 1 heterocycles. The Bertz CT molecular complexity index is 393. The van der Waals surface area contributed by atoms with Crippen LogP contribution in [0.25, 0.3) is 0 Å². The van der Waals surface area contributed by atoms with Crippen molar-refractivity contribution in [3.05, 3.63) is 22.5 Å². The number of nitro groups is 1. The fourth-order valence-electron chi connectivity index (χ4n) is 1.64. The predicted molar refractivity (Wildman–Crippen MR) is 67.3 cm³/mol. The van der Waals surface area contributed by atoms with Crippen LogP contribution in [0.4, 0.5) is 5.69 Å². The Balaban J connectivity index is 2.48. The van der Waals surface area contributed by atoms with E-state index in [-0.39, 0.29) is 12.2 Å². The third-order valence-electron chi connectivity index (χ3n) is 3.07. The van der Waals surface area contributed by atoms with Crippen LogP contribution >= 0.6 is 0 Å². The average Bonchev–Trinajstić information content (AvgIpc) is 2.76. The predicted octanol–water partition coefficient (Wildman–Crippen LogP) is 0.883. The molecule has 102 valence electrons. The van der Waals surface area contributed by atoms with Crippen LogP contribution in [0.1, 0.15) is 20.3 Å². The van der Waals surface area contributed by atoms with Crippen LogP contribution in [0.2, 0.25) is 0 Å². The summed E-state index contributed by atoms with van der Waals surface area (Å²) in [6, 6.07) is 0.395. The van der Waals surface area contributed by atoms with Crippen LogP contribution in [0.5, 0.6) is 0 Å².